The lowest BCUT2D eigenvalue weighted by molar-refractivity contribution is 0.629. The Labute approximate surface area is 439 Å². The molecule has 4 aliphatic carbocycles. The molecule has 1 nitrogen and oxygen atoms in total. The van der Waals surface area contributed by atoms with Gasteiger partial charge in [0.05, 0.1) is 16.5 Å². The molecule has 15 rings (SSSR count). The van der Waals surface area contributed by atoms with Crippen LogP contribution < -0.4 is 4.90 Å². The van der Waals surface area contributed by atoms with Crippen molar-refractivity contribution in [2.45, 2.75) is 23.7 Å². The van der Waals surface area contributed by atoms with Crippen LogP contribution in [0.2, 0.25) is 0 Å². The van der Waals surface area contributed by atoms with Crippen LogP contribution in [0.4, 0.5) is 17.1 Å². The van der Waals surface area contributed by atoms with Gasteiger partial charge in [-0.3, -0.25) is 0 Å². The standard InChI is InChI=1S/C74H51N/c1-5-20-50(21-6-1)54-36-42-58(43-37-54)75(59-44-38-55(39-45-59)51-22-7-2-8-23-51)71-35-19-34-68-72(71)62-30-15-18-33-65(62)74(68)69-48-56(52-24-9-3-10-25-52)40-46-66(69)73(63-31-16-13-28-60(63)61-29-14-17-32-64(61)73)67-47-41-57(49-70(67)74)53-26-11-4-12-27-53/h1-13,15-28,30-49H,14,29H2. The van der Waals surface area contributed by atoms with Gasteiger partial charge in [0.15, 0.2) is 0 Å². The summed E-state index contributed by atoms with van der Waals surface area (Å²) in [6.07, 6.45) is 6.97. The number of benzene rings is 11. The zero-order chi connectivity index (χ0) is 49.5. The van der Waals surface area contributed by atoms with Crippen molar-refractivity contribution in [2.75, 3.05) is 4.90 Å². The first-order chi connectivity index (χ1) is 37.2. The van der Waals surface area contributed by atoms with E-state index in [0.717, 1.165) is 29.9 Å². The van der Waals surface area contributed by atoms with Gasteiger partial charge in [0, 0.05) is 16.9 Å². The van der Waals surface area contributed by atoms with E-state index in [0.29, 0.717) is 0 Å². The predicted molar refractivity (Wildman–Crippen MR) is 312 cm³/mol. The summed E-state index contributed by atoms with van der Waals surface area (Å²) < 4.78 is 0. The summed E-state index contributed by atoms with van der Waals surface area (Å²) in [5.41, 5.74) is 27.8. The van der Waals surface area contributed by atoms with Gasteiger partial charge in [-0.15, -0.1) is 0 Å². The van der Waals surface area contributed by atoms with Crippen molar-refractivity contribution < 1.29 is 0 Å². The van der Waals surface area contributed by atoms with E-state index in [1.807, 2.05) is 0 Å². The van der Waals surface area contributed by atoms with Gasteiger partial charge in [0.25, 0.3) is 0 Å². The maximum absolute atomic E-state index is 2.58. The molecule has 0 amide bonds. The van der Waals surface area contributed by atoms with E-state index in [2.05, 4.69) is 290 Å². The number of allylic oxidation sites excluding steroid dienone is 4. The average Bonchev–Trinajstić information content (AvgIpc) is 4.22. The Morgan fingerprint density at radius 3 is 1.23 bits per heavy atom. The molecule has 11 aromatic carbocycles. The highest BCUT2D eigenvalue weighted by Crippen LogP contribution is 2.69. The van der Waals surface area contributed by atoms with E-state index in [1.165, 1.54) is 111 Å². The molecule has 0 heterocycles. The van der Waals surface area contributed by atoms with Crippen molar-refractivity contribution in [3.63, 3.8) is 0 Å². The van der Waals surface area contributed by atoms with E-state index >= 15 is 0 Å². The average molecular weight is 954 g/mol. The van der Waals surface area contributed by atoms with Gasteiger partial charge in [-0.2, -0.15) is 0 Å². The molecule has 0 bridgehead atoms. The molecule has 0 saturated carbocycles. The number of nitrogens with zero attached hydrogens (tertiary/aromatic N) is 1. The zero-order valence-corrected chi connectivity index (χ0v) is 41.5. The van der Waals surface area contributed by atoms with Crippen LogP contribution >= 0.6 is 0 Å². The summed E-state index contributed by atoms with van der Waals surface area (Å²) in [7, 11) is 0. The van der Waals surface area contributed by atoms with Gasteiger partial charge in [0.1, 0.15) is 0 Å². The Morgan fingerprint density at radius 1 is 0.293 bits per heavy atom. The van der Waals surface area contributed by atoms with Gasteiger partial charge in [0.2, 0.25) is 0 Å². The first kappa shape index (κ1) is 43.3. The van der Waals surface area contributed by atoms with Crippen molar-refractivity contribution in [1.82, 2.24) is 0 Å². The monoisotopic (exact) mass is 953 g/mol. The molecular formula is C74H51N. The molecule has 0 atom stereocenters. The third-order valence-electron chi connectivity index (χ3n) is 16.9. The summed E-state index contributed by atoms with van der Waals surface area (Å²) in [5, 5.41) is 0. The number of fused-ring (bicyclic) bond motifs is 15. The van der Waals surface area contributed by atoms with Crippen molar-refractivity contribution in [1.29, 1.82) is 0 Å². The minimum Gasteiger partial charge on any atom is -0.310 e. The molecule has 352 valence electrons. The van der Waals surface area contributed by atoms with Gasteiger partial charge >= 0.3 is 0 Å². The molecule has 0 aromatic heterocycles. The second-order valence-electron chi connectivity index (χ2n) is 20.5. The number of anilines is 3. The van der Waals surface area contributed by atoms with Crippen LogP contribution in [0.15, 0.2) is 291 Å². The maximum atomic E-state index is 2.58. The zero-order valence-electron chi connectivity index (χ0n) is 41.5. The molecule has 2 spiro atoms. The fourth-order valence-corrected chi connectivity index (χ4v) is 13.7. The van der Waals surface area contributed by atoms with Crippen LogP contribution in [0.5, 0.6) is 0 Å². The molecule has 0 N–H and O–H groups in total. The predicted octanol–water partition coefficient (Wildman–Crippen LogP) is 19.0. The second kappa shape index (κ2) is 17.2. The van der Waals surface area contributed by atoms with E-state index in [1.54, 1.807) is 0 Å². The minimum atomic E-state index is -0.718. The molecule has 0 unspecified atom stereocenters. The molecule has 0 aliphatic heterocycles. The summed E-state index contributed by atoms with van der Waals surface area (Å²) >= 11 is 0. The molecule has 11 aromatic rings. The fourth-order valence-electron chi connectivity index (χ4n) is 13.7. The molecule has 0 fully saturated rings. The van der Waals surface area contributed by atoms with E-state index < -0.39 is 10.8 Å². The lowest BCUT2D eigenvalue weighted by atomic mass is 9.51. The lowest BCUT2D eigenvalue weighted by Gasteiger charge is -2.49. The lowest BCUT2D eigenvalue weighted by Crippen LogP contribution is -2.44. The summed E-state index contributed by atoms with van der Waals surface area (Å²) in [6.45, 7) is 0. The molecule has 0 radical (unpaired) electrons. The smallest absolute Gasteiger partial charge is 0.0721 e. The Morgan fingerprint density at radius 2 is 0.707 bits per heavy atom. The van der Waals surface area contributed by atoms with Crippen LogP contribution in [-0.4, -0.2) is 0 Å². The number of rotatable bonds is 7. The highest BCUT2D eigenvalue weighted by molar-refractivity contribution is 6.01. The van der Waals surface area contributed by atoms with Gasteiger partial charge in [-0.1, -0.05) is 243 Å². The first-order valence-corrected chi connectivity index (χ1v) is 26.5. The minimum absolute atomic E-state index is 0.550. The molecule has 4 aliphatic rings. The maximum Gasteiger partial charge on any atom is 0.0721 e. The van der Waals surface area contributed by atoms with Gasteiger partial charge < -0.3 is 4.90 Å². The summed E-state index contributed by atoms with van der Waals surface area (Å²) in [4.78, 5) is 2.50. The Hall–Kier alpha value is -9.30. The van der Waals surface area contributed by atoms with Gasteiger partial charge in [-0.05, 0) is 161 Å². The Bertz CT molecular complexity index is 3900. The van der Waals surface area contributed by atoms with E-state index in [-0.39, 0.29) is 0 Å². The van der Waals surface area contributed by atoms with Crippen molar-refractivity contribution >= 4 is 22.6 Å². The summed E-state index contributed by atoms with van der Waals surface area (Å²) in [6, 6.07) is 103. The highest BCUT2D eigenvalue weighted by atomic mass is 15.1. The molecular weight excluding hydrogens is 903 g/mol. The van der Waals surface area contributed by atoms with Crippen LogP contribution in [0, 0.1) is 0 Å². The van der Waals surface area contributed by atoms with Crippen LogP contribution in [-0.2, 0) is 10.8 Å². The van der Waals surface area contributed by atoms with E-state index in [9.17, 15) is 0 Å². The Kier molecular flexibility index (Phi) is 9.90. The summed E-state index contributed by atoms with van der Waals surface area (Å²) in [5.74, 6) is 0. The van der Waals surface area contributed by atoms with Crippen LogP contribution in [0.1, 0.15) is 57.3 Å². The van der Waals surface area contributed by atoms with Crippen molar-refractivity contribution in [3.05, 3.63) is 335 Å². The number of hydrogen-bond donors (Lipinski definition) is 0. The quantitative estimate of drug-likeness (QED) is 0.154. The SMILES string of the molecule is C1=CC2=C(CC1)c1ccccc1C21c2ccc(-c3ccccc3)cc2C2(c3ccccc3-c3c(N(c4ccc(-c5ccccc5)cc4)c4ccc(-c5ccccc5)cc4)cccc32)c2cc(-c3ccccc3)ccc21. The first-order valence-electron chi connectivity index (χ1n) is 26.5. The largest absolute Gasteiger partial charge is 0.310 e. The third-order valence-corrected chi connectivity index (χ3v) is 16.9. The third kappa shape index (κ3) is 6.38. The second-order valence-corrected chi connectivity index (χ2v) is 20.5. The normalized spacial score (nSPS) is 17.2. The topological polar surface area (TPSA) is 3.24 Å². The van der Waals surface area contributed by atoms with E-state index in [4.69, 9.17) is 0 Å². The van der Waals surface area contributed by atoms with Crippen LogP contribution in [0.3, 0.4) is 0 Å². The molecule has 75 heavy (non-hydrogen) atoms. The van der Waals surface area contributed by atoms with Crippen molar-refractivity contribution in [2.24, 2.45) is 0 Å². The Balaban J connectivity index is 1.05. The number of hydrogen-bond acceptors (Lipinski definition) is 1. The fraction of sp³-hybridized carbons (Fsp3) is 0.0541. The van der Waals surface area contributed by atoms with Crippen LogP contribution in [0.25, 0.3) is 61.2 Å². The van der Waals surface area contributed by atoms with Crippen molar-refractivity contribution in [3.8, 4) is 55.6 Å². The molecule has 0 saturated heterocycles. The van der Waals surface area contributed by atoms with Gasteiger partial charge in [-0.25, -0.2) is 0 Å². The highest BCUT2D eigenvalue weighted by Gasteiger charge is 2.60. The molecule has 1 heteroatoms.